The Kier molecular flexibility index (Phi) is 3.37. The number of carboxylic acid groups (broad SMARTS) is 1. The molecule has 0 aromatic rings. The molecule has 1 fully saturated rings. The van der Waals surface area contributed by atoms with Crippen molar-refractivity contribution in [2.75, 3.05) is 12.4 Å². The average Bonchev–Trinajstić information content (AvgIpc) is 2.27. The summed E-state index contributed by atoms with van der Waals surface area (Å²) in [5.41, 5.74) is -0.700. The summed E-state index contributed by atoms with van der Waals surface area (Å²) in [7, 11) is -3.79. The van der Waals surface area contributed by atoms with E-state index in [4.69, 9.17) is 9.84 Å². The first kappa shape index (κ1) is 12.4. The van der Waals surface area contributed by atoms with Gasteiger partial charge in [0.25, 0.3) is 0 Å². The first-order chi connectivity index (χ1) is 6.75. The minimum absolute atomic E-state index is 0.249. The van der Waals surface area contributed by atoms with Crippen LogP contribution < -0.4 is 4.72 Å². The predicted octanol–water partition coefficient (Wildman–Crippen LogP) is -0.442. The molecule has 0 amide bonds. The molecule has 1 rings (SSSR count). The van der Waals surface area contributed by atoms with Crippen LogP contribution in [0.5, 0.6) is 0 Å². The third-order valence-corrected chi connectivity index (χ3v) is 3.99. The number of ether oxygens (including phenoxy) is 1. The average molecular weight is 237 g/mol. The van der Waals surface area contributed by atoms with E-state index < -0.39 is 27.3 Å². The zero-order valence-corrected chi connectivity index (χ0v) is 9.50. The maximum atomic E-state index is 11.4. The molecule has 88 valence electrons. The second-order valence-electron chi connectivity index (χ2n) is 3.94. The number of aliphatic carboxylic acids is 1. The summed E-state index contributed by atoms with van der Waals surface area (Å²) in [6.45, 7) is 3.95. The summed E-state index contributed by atoms with van der Waals surface area (Å²) in [5.74, 6) is -2.27. The van der Waals surface area contributed by atoms with Crippen LogP contribution in [0.1, 0.15) is 20.3 Å². The lowest BCUT2D eigenvalue weighted by Gasteiger charge is -2.27. The highest BCUT2D eigenvalue weighted by Crippen LogP contribution is 2.25. The summed E-state index contributed by atoms with van der Waals surface area (Å²) in [6.07, 6.45) is 0.300. The van der Waals surface area contributed by atoms with Crippen LogP contribution in [0.15, 0.2) is 0 Å². The quantitative estimate of drug-likeness (QED) is 0.691. The van der Waals surface area contributed by atoms with Crippen LogP contribution in [-0.2, 0) is 19.6 Å². The number of carboxylic acids is 1. The molecule has 7 heteroatoms. The van der Waals surface area contributed by atoms with Gasteiger partial charge in [0.2, 0.25) is 10.0 Å². The molecule has 1 heterocycles. The number of nitrogens with one attached hydrogen (secondary N) is 1. The van der Waals surface area contributed by atoms with Gasteiger partial charge in [-0.2, -0.15) is 0 Å². The zero-order chi connectivity index (χ0) is 11.7. The van der Waals surface area contributed by atoms with Crippen molar-refractivity contribution in [3.8, 4) is 0 Å². The van der Waals surface area contributed by atoms with Gasteiger partial charge in [-0.3, -0.25) is 4.79 Å². The molecule has 0 radical (unpaired) electrons. The zero-order valence-electron chi connectivity index (χ0n) is 8.69. The Morgan fingerprint density at radius 2 is 2.27 bits per heavy atom. The number of sulfonamides is 1. The van der Waals surface area contributed by atoms with E-state index in [0.29, 0.717) is 13.0 Å². The fraction of sp³-hybridized carbons (Fsp3) is 0.875. The van der Waals surface area contributed by atoms with E-state index in [-0.39, 0.29) is 6.10 Å². The van der Waals surface area contributed by atoms with Crippen LogP contribution in [-0.4, -0.2) is 43.5 Å². The molecule has 15 heavy (non-hydrogen) atoms. The van der Waals surface area contributed by atoms with Crippen LogP contribution in [0.4, 0.5) is 0 Å². The van der Waals surface area contributed by atoms with E-state index in [1.165, 1.54) is 0 Å². The van der Waals surface area contributed by atoms with Crippen molar-refractivity contribution in [2.24, 2.45) is 0 Å². The minimum Gasteiger partial charge on any atom is -0.480 e. The van der Waals surface area contributed by atoms with Gasteiger partial charge in [-0.1, -0.05) is 0 Å². The number of rotatable bonds is 4. The van der Waals surface area contributed by atoms with Gasteiger partial charge >= 0.3 is 5.97 Å². The molecule has 1 saturated heterocycles. The van der Waals surface area contributed by atoms with Gasteiger partial charge in [-0.15, -0.1) is 0 Å². The molecule has 1 aliphatic heterocycles. The Balaban J connectivity index is 2.72. The predicted molar refractivity (Wildman–Crippen MR) is 53.0 cm³/mol. The van der Waals surface area contributed by atoms with Crippen molar-refractivity contribution in [1.82, 2.24) is 4.72 Å². The summed E-state index contributed by atoms with van der Waals surface area (Å²) in [5, 5.41) is 8.42. The lowest BCUT2D eigenvalue weighted by atomic mass is 9.97. The molecule has 0 aliphatic carbocycles. The fourth-order valence-electron chi connectivity index (χ4n) is 1.52. The van der Waals surface area contributed by atoms with Gasteiger partial charge in [0.15, 0.2) is 5.75 Å². The maximum absolute atomic E-state index is 11.4. The van der Waals surface area contributed by atoms with Crippen molar-refractivity contribution < 1.29 is 23.1 Å². The Labute approximate surface area is 88.7 Å². The highest BCUT2D eigenvalue weighted by atomic mass is 32.2. The van der Waals surface area contributed by atoms with E-state index in [0.717, 1.165) is 0 Å². The molecule has 0 spiro atoms. The second kappa shape index (κ2) is 4.07. The maximum Gasteiger partial charge on any atom is 0.320 e. The third-order valence-electron chi connectivity index (χ3n) is 2.59. The summed E-state index contributed by atoms with van der Waals surface area (Å²) < 4.78 is 30.4. The van der Waals surface area contributed by atoms with Gasteiger partial charge in [0.05, 0.1) is 11.6 Å². The normalized spacial score (nSPS) is 31.7. The van der Waals surface area contributed by atoms with Gasteiger partial charge in [0, 0.05) is 6.61 Å². The fourth-order valence-corrected chi connectivity index (χ4v) is 2.90. The minimum atomic E-state index is -3.79. The van der Waals surface area contributed by atoms with Gasteiger partial charge in [-0.25, -0.2) is 13.1 Å². The molecule has 6 nitrogen and oxygen atoms in total. The van der Waals surface area contributed by atoms with Gasteiger partial charge in [-0.05, 0) is 20.3 Å². The van der Waals surface area contributed by atoms with E-state index >= 15 is 0 Å². The standard InChI is InChI=1S/C8H15NO5S/c1-6-8(2,3-4-14-6)9-15(12,13)5-7(10)11/h6,9H,3-5H2,1-2H3,(H,10,11). The highest BCUT2D eigenvalue weighted by molar-refractivity contribution is 7.90. The second-order valence-corrected chi connectivity index (χ2v) is 5.66. The third kappa shape index (κ3) is 3.15. The first-order valence-electron chi connectivity index (χ1n) is 4.60. The summed E-state index contributed by atoms with van der Waals surface area (Å²) in [4.78, 5) is 10.3. The topological polar surface area (TPSA) is 92.7 Å². The van der Waals surface area contributed by atoms with Crippen LogP contribution in [0, 0.1) is 0 Å². The monoisotopic (exact) mass is 237 g/mol. The molecule has 2 unspecified atom stereocenters. The van der Waals surface area contributed by atoms with Crippen LogP contribution in [0.2, 0.25) is 0 Å². The smallest absolute Gasteiger partial charge is 0.320 e. The number of hydrogen-bond donors (Lipinski definition) is 2. The number of carbonyl (C=O) groups is 1. The van der Waals surface area contributed by atoms with Crippen LogP contribution in [0.25, 0.3) is 0 Å². The highest BCUT2D eigenvalue weighted by Gasteiger charge is 2.40. The molecule has 1 aliphatic rings. The molecule has 2 N–H and O–H groups in total. The summed E-state index contributed by atoms with van der Waals surface area (Å²) in [6, 6.07) is 0. The van der Waals surface area contributed by atoms with Crippen molar-refractivity contribution >= 4 is 16.0 Å². The Morgan fingerprint density at radius 3 is 2.67 bits per heavy atom. The van der Waals surface area contributed by atoms with E-state index in [1.807, 2.05) is 0 Å². The van der Waals surface area contributed by atoms with Crippen LogP contribution >= 0.6 is 0 Å². The lowest BCUT2D eigenvalue weighted by molar-refractivity contribution is -0.134. The SMILES string of the molecule is CC1OCCC1(C)NS(=O)(=O)CC(=O)O. The van der Waals surface area contributed by atoms with Crippen LogP contribution in [0.3, 0.4) is 0 Å². The van der Waals surface area contributed by atoms with E-state index in [1.54, 1.807) is 13.8 Å². The molecule has 0 aromatic carbocycles. The van der Waals surface area contributed by atoms with E-state index in [9.17, 15) is 13.2 Å². The largest absolute Gasteiger partial charge is 0.480 e. The molecule has 0 aromatic heterocycles. The molecular formula is C8H15NO5S. The first-order valence-corrected chi connectivity index (χ1v) is 6.25. The molecule has 2 atom stereocenters. The van der Waals surface area contributed by atoms with Crippen molar-refractivity contribution in [2.45, 2.75) is 31.9 Å². The van der Waals surface area contributed by atoms with E-state index in [2.05, 4.69) is 4.72 Å². The van der Waals surface area contributed by atoms with Crippen molar-refractivity contribution in [3.05, 3.63) is 0 Å². The Bertz CT molecular complexity index is 352. The lowest BCUT2D eigenvalue weighted by Crippen LogP contribution is -2.51. The number of hydrogen-bond acceptors (Lipinski definition) is 4. The Hall–Kier alpha value is -0.660. The van der Waals surface area contributed by atoms with Crippen molar-refractivity contribution in [1.29, 1.82) is 0 Å². The summed E-state index contributed by atoms with van der Waals surface area (Å²) >= 11 is 0. The molecular weight excluding hydrogens is 222 g/mol. The van der Waals surface area contributed by atoms with Gasteiger partial charge in [0.1, 0.15) is 0 Å². The van der Waals surface area contributed by atoms with Crippen molar-refractivity contribution in [3.63, 3.8) is 0 Å². The molecule has 0 saturated carbocycles. The molecule has 0 bridgehead atoms. The Morgan fingerprint density at radius 1 is 1.67 bits per heavy atom. The van der Waals surface area contributed by atoms with Gasteiger partial charge < -0.3 is 9.84 Å².